The van der Waals surface area contributed by atoms with E-state index in [4.69, 9.17) is 4.74 Å². The fourth-order valence-electron chi connectivity index (χ4n) is 4.01. The fraction of sp³-hybridized carbons (Fsp3) is 0.148. The highest BCUT2D eigenvalue weighted by Crippen LogP contribution is 2.42. The molecule has 34 heavy (non-hydrogen) atoms. The number of methoxy groups -OCH3 is 1. The molecule has 4 rings (SSSR count). The van der Waals surface area contributed by atoms with E-state index in [-0.39, 0.29) is 16.7 Å². The van der Waals surface area contributed by atoms with Crippen molar-refractivity contribution in [2.75, 3.05) is 12.0 Å². The summed E-state index contributed by atoms with van der Waals surface area (Å²) in [6.45, 7) is 2.01. The van der Waals surface area contributed by atoms with Crippen molar-refractivity contribution in [2.24, 2.45) is 0 Å². The van der Waals surface area contributed by atoms with Crippen LogP contribution in [0, 0.1) is 5.82 Å². The number of carbonyl (C=O) groups excluding carboxylic acids is 3. The van der Waals surface area contributed by atoms with Gasteiger partial charge in [-0.3, -0.25) is 14.5 Å². The maximum atomic E-state index is 13.4. The minimum absolute atomic E-state index is 0.121. The lowest BCUT2D eigenvalue weighted by molar-refractivity contribution is -0.132. The zero-order chi connectivity index (χ0) is 24.4. The molecule has 172 valence electrons. The molecule has 3 aromatic carbocycles. The van der Waals surface area contributed by atoms with Crippen LogP contribution < -0.4 is 4.90 Å². The summed E-state index contributed by atoms with van der Waals surface area (Å²) in [7, 11) is 1.25. The third kappa shape index (κ3) is 4.08. The van der Waals surface area contributed by atoms with Crippen LogP contribution >= 0.6 is 0 Å². The lowest BCUT2D eigenvalue weighted by atomic mass is 9.94. The molecule has 1 atom stereocenters. The Labute approximate surface area is 195 Å². The van der Waals surface area contributed by atoms with Gasteiger partial charge < -0.3 is 9.84 Å². The average molecular weight is 459 g/mol. The van der Waals surface area contributed by atoms with E-state index in [1.54, 1.807) is 24.3 Å². The molecule has 0 saturated carbocycles. The standard InChI is InChI=1S/C27H22FNO5/c1-3-16-7-9-17(10-8-16)23-22(24(30)18-11-13-20(28)14-12-18)25(31)26(32)29(23)21-6-4-5-19(15-21)27(33)34-2/h4-15,23,30H,3H2,1-2H3/b24-22+. The first-order valence-electron chi connectivity index (χ1n) is 10.7. The van der Waals surface area contributed by atoms with Gasteiger partial charge in [-0.15, -0.1) is 0 Å². The molecule has 0 radical (unpaired) electrons. The number of esters is 1. The third-order valence-electron chi connectivity index (χ3n) is 5.81. The average Bonchev–Trinajstić information content (AvgIpc) is 3.14. The van der Waals surface area contributed by atoms with Gasteiger partial charge in [0.15, 0.2) is 0 Å². The highest BCUT2D eigenvalue weighted by atomic mass is 19.1. The number of hydrogen-bond acceptors (Lipinski definition) is 5. The Morgan fingerprint density at radius 3 is 2.29 bits per heavy atom. The van der Waals surface area contributed by atoms with Crippen LogP contribution in [0.5, 0.6) is 0 Å². The van der Waals surface area contributed by atoms with Crippen molar-refractivity contribution in [1.29, 1.82) is 0 Å². The molecule has 1 N–H and O–H groups in total. The van der Waals surface area contributed by atoms with Gasteiger partial charge in [-0.1, -0.05) is 37.3 Å². The van der Waals surface area contributed by atoms with Crippen molar-refractivity contribution in [1.82, 2.24) is 0 Å². The molecule has 1 fully saturated rings. The largest absolute Gasteiger partial charge is 0.507 e. The second kappa shape index (κ2) is 9.31. The normalized spacial score (nSPS) is 17.1. The molecule has 1 unspecified atom stereocenters. The Kier molecular flexibility index (Phi) is 6.27. The quantitative estimate of drug-likeness (QED) is 0.256. The molecule has 1 saturated heterocycles. The number of ketones is 1. The molecule has 0 aliphatic carbocycles. The third-order valence-corrected chi connectivity index (χ3v) is 5.81. The molecule has 6 nitrogen and oxygen atoms in total. The predicted octanol–water partition coefficient (Wildman–Crippen LogP) is 4.80. The molecule has 1 amide bonds. The number of Topliss-reactive ketones (excluding diaryl/α,β-unsaturated/α-hetero) is 1. The van der Waals surface area contributed by atoms with Crippen LogP contribution in [0.1, 0.15) is 40.0 Å². The number of halogens is 1. The number of ether oxygens (including phenoxy) is 1. The second-order valence-corrected chi connectivity index (χ2v) is 7.81. The molecule has 0 aromatic heterocycles. The molecule has 7 heteroatoms. The predicted molar refractivity (Wildman–Crippen MR) is 125 cm³/mol. The summed E-state index contributed by atoms with van der Waals surface area (Å²) >= 11 is 0. The molecular formula is C27H22FNO5. The Morgan fingerprint density at radius 2 is 1.68 bits per heavy atom. The fourth-order valence-corrected chi connectivity index (χ4v) is 4.01. The van der Waals surface area contributed by atoms with E-state index in [0.717, 1.165) is 24.1 Å². The number of aliphatic hydroxyl groups is 1. The molecule has 1 aliphatic rings. The van der Waals surface area contributed by atoms with Crippen LogP contribution in [-0.4, -0.2) is 29.9 Å². The number of aliphatic hydroxyl groups excluding tert-OH is 1. The number of aryl methyl sites for hydroxylation is 1. The van der Waals surface area contributed by atoms with Gasteiger partial charge in [0.2, 0.25) is 0 Å². The molecule has 1 heterocycles. The van der Waals surface area contributed by atoms with Gasteiger partial charge in [-0.25, -0.2) is 9.18 Å². The van der Waals surface area contributed by atoms with E-state index in [0.29, 0.717) is 11.3 Å². The maximum absolute atomic E-state index is 13.4. The van der Waals surface area contributed by atoms with Crippen LogP contribution in [0.15, 0.2) is 78.4 Å². The summed E-state index contributed by atoms with van der Waals surface area (Å²) in [6.07, 6.45) is 0.803. The number of nitrogens with zero attached hydrogens (tertiary/aromatic N) is 1. The van der Waals surface area contributed by atoms with E-state index in [1.807, 2.05) is 19.1 Å². The van der Waals surface area contributed by atoms with Gasteiger partial charge in [-0.05, 0) is 60.0 Å². The first-order chi connectivity index (χ1) is 16.3. The van der Waals surface area contributed by atoms with Crippen LogP contribution in [-0.2, 0) is 20.7 Å². The van der Waals surface area contributed by atoms with Crippen LogP contribution in [0.25, 0.3) is 5.76 Å². The van der Waals surface area contributed by atoms with Gasteiger partial charge in [0.25, 0.3) is 11.7 Å². The molecule has 0 spiro atoms. The number of anilines is 1. The summed E-state index contributed by atoms with van der Waals surface area (Å²) in [5.74, 6) is -3.23. The minimum Gasteiger partial charge on any atom is -0.507 e. The number of carbonyl (C=O) groups is 3. The van der Waals surface area contributed by atoms with Gasteiger partial charge in [0.1, 0.15) is 11.6 Å². The van der Waals surface area contributed by atoms with Crippen LogP contribution in [0.4, 0.5) is 10.1 Å². The summed E-state index contributed by atoms with van der Waals surface area (Å²) in [6, 6.07) is 17.6. The Morgan fingerprint density at radius 1 is 1.00 bits per heavy atom. The summed E-state index contributed by atoms with van der Waals surface area (Å²) in [5.41, 5.74) is 2.26. The van der Waals surface area contributed by atoms with Crippen molar-refractivity contribution in [3.05, 3.63) is 106 Å². The van der Waals surface area contributed by atoms with Crippen molar-refractivity contribution in [2.45, 2.75) is 19.4 Å². The van der Waals surface area contributed by atoms with E-state index in [1.165, 1.54) is 36.3 Å². The topological polar surface area (TPSA) is 83.9 Å². The Balaban J connectivity index is 1.92. The van der Waals surface area contributed by atoms with Gasteiger partial charge >= 0.3 is 5.97 Å². The second-order valence-electron chi connectivity index (χ2n) is 7.81. The van der Waals surface area contributed by atoms with Gasteiger partial charge in [0, 0.05) is 11.3 Å². The smallest absolute Gasteiger partial charge is 0.337 e. The van der Waals surface area contributed by atoms with Gasteiger partial charge in [0.05, 0.1) is 24.3 Å². The van der Waals surface area contributed by atoms with E-state index in [9.17, 15) is 23.9 Å². The first kappa shape index (κ1) is 22.9. The zero-order valence-corrected chi connectivity index (χ0v) is 18.6. The number of hydrogen-bond donors (Lipinski definition) is 1. The zero-order valence-electron chi connectivity index (χ0n) is 18.6. The lowest BCUT2D eigenvalue weighted by Gasteiger charge is -2.26. The molecular weight excluding hydrogens is 437 g/mol. The Hall–Kier alpha value is -4.26. The van der Waals surface area contributed by atoms with Crippen molar-refractivity contribution in [3.8, 4) is 0 Å². The van der Waals surface area contributed by atoms with E-state index in [2.05, 4.69) is 0 Å². The first-order valence-corrected chi connectivity index (χ1v) is 10.7. The van der Waals surface area contributed by atoms with E-state index >= 15 is 0 Å². The number of amides is 1. The molecule has 3 aromatic rings. The minimum atomic E-state index is -0.955. The maximum Gasteiger partial charge on any atom is 0.337 e. The summed E-state index contributed by atoms with van der Waals surface area (Å²) in [4.78, 5) is 39.7. The summed E-state index contributed by atoms with van der Waals surface area (Å²) in [5, 5.41) is 11.1. The lowest BCUT2D eigenvalue weighted by Crippen LogP contribution is -2.29. The highest BCUT2D eigenvalue weighted by molar-refractivity contribution is 6.51. The van der Waals surface area contributed by atoms with Crippen molar-refractivity contribution in [3.63, 3.8) is 0 Å². The molecule has 1 aliphatic heterocycles. The number of rotatable bonds is 5. The highest BCUT2D eigenvalue weighted by Gasteiger charge is 2.47. The Bertz CT molecular complexity index is 1300. The van der Waals surface area contributed by atoms with Crippen LogP contribution in [0.3, 0.4) is 0 Å². The summed E-state index contributed by atoms with van der Waals surface area (Å²) < 4.78 is 18.2. The van der Waals surface area contributed by atoms with E-state index < -0.39 is 35.3 Å². The van der Waals surface area contributed by atoms with Crippen molar-refractivity contribution >= 4 is 29.1 Å². The number of benzene rings is 3. The van der Waals surface area contributed by atoms with Gasteiger partial charge in [-0.2, -0.15) is 0 Å². The molecule has 0 bridgehead atoms. The van der Waals surface area contributed by atoms with Crippen molar-refractivity contribution < 1.29 is 28.6 Å². The monoisotopic (exact) mass is 459 g/mol. The SMILES string of the molecule is CCc1ccc(C2/C(=C(\O)c3ccc(F)cc3)C(=O)C(=O)N2c2cccc(C(=O)OC)c2)cc1. The van der Waals surface area contributed by atoms with Crippen LogP contribution in [0.2, 0.25) is 0 Å².